The molecule has 0 heterocycles. The van der Waals surface area contributed by atoms with E-state index in [-0.39, 0.29) is 25.0 Å². The lowest BCUT2D eigenvalue weighted by atomic mass is 10.1. The maximum Gasteiger partial charge on any atom is 0.324 e. The summed E-state index contributed by atoms with van der Waals surface area (Å²) in [6.45, 7) is -1.74. The van der Waals surface area contributed by atoms with Crippen molar-refractivity contribution in [1.82, 2.24) is 20.3 Å². The molecule has 0 aromatic heterocycles. The zero-order valence-electron chi connectivity index (χ0n) is 21.0. The Morgan fingerprint density at radius 1 is 0.775 bits per heavy atom. The molecular weight excluding hydrogens is 580 g/mol. The molecule has 0 fully saturated rings. The predicted molar refractivity (Wildman–Crippen MR) is 140 cm³/mol. The Kier molecular flexibility index (Phi) is 16.9. The van der Waals surface area contributed by atoms with E-state index in [1.54, 1.807) is 0 Å². The lowest BCUT2D eigenvalue weighted by molar-refractivity contribution is -0.141. The number of carbonyl (C=O) groups excluding carboxylic acids is 4. The molecule has 0 aliphatic heterocycles. The Bertz CT molecular complexity index is 968. The molecule has 0 saturated heterocycles. The molecule has 4 amide bonds. The minimum Gasteiger partial charge on any atom is -0.480 e. The fraction of sp³-hybridized carbons (Fsp3) is 0.600. The number of nitrogens with two attached hydrogens (primary N) is 2. The number of rotatable bonds is 20. The number of carbonyl (C=O) groups is 8. The van der Waals surface area contributed by atoms with Gasteiger partial charge in [-0.3, -0.25) is 42.7 Å². The summed E-state index contributed by atoms with van der Waals surface area (Å²) >= 11 is 4.45. The van der Waals surface area contributed by atoms with Crippen molar-refractivity contribution < 1.29 is 58.8 Å². The van der Waals surface area contributed by atoms with Crippen molar-refractivity contribution in [3.05, 3.63) is 0 Å². The number of thiol groups is 1. The van der Waals surface area contributed by atoms with Crippen LogP contribution in [0.3, 0.4) is 0 Å². The average Bonchev–Trinajstić information content (AvgIpc) is 2.87. The van der Waals surface area contributed by atoms with E-state index in [0.717, 1.165) is 0 Å². The summed E-state index contributed by atoms with van der Waals surface area (Å²) < 4.78 is 0.677. The Labute approximate surface area is 237 Å². The summed E-state index contributed by atoms with van der Waals surface area (Å²) in [7, 11) is 0. The molecule has 0 aromatic carbocycles. The summed E-state index contributed by atoms with van der Waals surface area (Å²) in [6.07, 6.45) is -1.31. The number of hydrogen-bond acceptors (Lipinski definition) is 12. The van der Waals surface area contributed by atoms with Gasteiger partial charge in [0, 0.05) is 24.3 Å². The molecule has 0 bridgehead atoms. The van der Waals surface area contributed by atoms with Crippen molar-refractivity contribution in [3.63, 3.8) is 0 Å². The molecule has 4 atom stereocenters. The van der Waals surface area contributed by atoms with Crippen LogP contribution in [-0.4, -0.2) is 121 Å². The topological polar surface area (TPSA) is 309 Å². The van der Waals surface area contributed by atoms with Crippen molar-refractivity contribution >= 4 is 72.1 Å². The Morgan fingerprint density at radius 2 is 1.25 bits per heavy atom. The lowest BCUT2D eigenvalue weighted by Gasteiger charge is -2.26. The summed E-state index contributed by atoms with van der Waals surface area (Å²) in [5.74, 6) is -9.91. The van der Waals surface area contributed by atoms with Gasteiger partial charge in [-0.25, -0.2) is 0 Å². The fourth-order valence-electron chi connectivity index (χ4n) is 2.66. The number of nitrogens with zero attached hydrogens (tertiary/aromatic N) is 1. The second-order valence-corrected chi connectivity index (χ2v) is 9.46. The predicted octanol–water partition coefficient (Wildman–Crippen LogP) is -3.97. The lowest BCUT2D eigenvalue weighted by Crippen LogP contribution is -2.52. The third-order valence-corrected chi connectivity index (χ3v) is 6.27. The van der Waals surface area contributed by atoms with E-state index >= 15 is 0 Å². The number of amides is 4. The first-order valence-electron chi connectivity index (χ1n) is 11.4. The van der Waals surface area contributed by atoms with Crippen LogP contribution in [0.2, 0.25) is 0 Å². The number of nitrogens with one attached hydrogen (secondary N) is 3. The van der Waals surface area contributed by atoms with Crippen LogP contribution < -0.4 is 27.4 Å². The van der Waals surface area contributed by atoms with E-state index in [1.807, 2.05) is 5.32 Å². The Hall–Kier alpha value is -3.62. The monoisotopic (exact) mass is 612 g/mol. The normalized spacial score (nSPS) is 13.6. The minimum absolute atomic E-state index is 0.244. The highest BCUT2D eigenvalue weighted by Gasteiger charge is 2.30. The second-order valence-electron chi connectivity index (χ2n) is 8.07. The second kappa shape index (κ2) is 18.6. The van der Waals surface area contributed by atoms with Gasteiger partial charge in [-0.1, -0.05) is 0 Å². The number of carboxylic acid groups (broad SMARTS) is 4. The van der Waals surface area contributed by atoms with Gasteiger partial charge >= 0.3 is 23.9 Å². The van der Waals surface area contributed by atoms with Crippen molar-refractivity contribution in [3.8, 4) is 0 Å². The molecule has 40 heavy (non-hydrogen) atoms. The van der Waals surface area contributed by atoms with Crippen molar-refractivity contribution in [2.45, 2.75) is 49.9 Å². The molecule has 0 radical (unpaired) electrons. The smallest absolute Gasteiger partial charge is 0.324 e. The molecule has 0 aliphatic rings. The van der Waals surface area contributed by atoms with Crippen LogP contribution in [-0.2, 0) is 38.4 Å². The fourth-order valence-corrected chi connectivity index (χ4v) is 3.92. The van der Waals surface area contributed by atoms with Crippen LogP contribution in [0.25, 0.3) is 0 Å². The van der Waals surface area contributed by atoms with Crippen LogP contribution in [0.15, 0.2) is 0 Å². The molecule has 3 unspecified atom stereocenters. The third kappa shape index (κ3) is 15.1. The molecule has 20 heteroatoms. The van der Waals surface area contributed by atoms with Gasteiger partial charge in [0.25, 0.3) is 5.91 Å². The highest BCUT2D eigenvalue weighted by atomic mass is 32.2. The first kappa shape index (κ1) is 36.4. The van der Waals surface area contributed by atoms with Gasteiger partial charge in [-0.15, -0.1) is 0 Å². The van der Waals surface area contributed by atoms with Crippen LogP contribution in [0.5, 0.6) is 0 Å². The van der Waals surface area contributed by atoms with Gasteiger partial charge in [0.15, 0.2) is 0 Å². The van der Waals surface area contributed by atoms with Gasteiger partial charge in [-0.2, -0.15) is 12.6 Å². The molecule has 11 N–H and O–H groups in total. The van der Waals surface area contributed by atoms with E-state index < -0.39 is 96.9 Å². The largest absolute Gasteiger partial charge is 0.480 e. The zero-order valence-corrected chi connectivity index (χ0v) is 22.7. The maximum absolute atomic E-state index is 13.0. The van der Waals surface area contributed by atoms with Crippen LogP contribution in [0, 0.1) is 0 Å². The van der Waals surface area contributed by atoms with E-state index in [2.05, 4.69) is 23.3 Å². The highest BCUT2D eigenvalue weighted by molar-refractivity contribution is 7.97. The Morgan fingerprint density at radius 3 is 1.65 bits per heavy atom. The Balaban J connectivity index is 5.54. The summed E-state index contributed by atoms with van der Waals surface area (Å²) in [4.78, 5) is 93.7. The molecule has 0 rings (SSSR count). The average molecular weight is 613 g/mol. The quantitative estimate of drug-likeness (QED) is 0.0463. The summed E-state index contributed by atoms with van der Waals surface area (Å²) in [5.41, 5.74) is 10.7. The number of carboxylic acids is 4. The van der Waals surface area contributed by atoms with Crippen molar-refractivity contribution in [2.75, 3.05) is 24.6 Å². The van der Waals surface area contributed by atoms with E-state index in [1.165, 1.54) is 0 Å². The first-order chi connectivity index (χ1) is 18.6. The summed E-state index contributed by atoms with van der Waals surface area (Å²) in [6, 6.07) is -5.55. The van der Waals surface area contributed by atoms with Crippen LogP contribution in [0.1, 0.15) is 25.7 Å². The van der Waals surface area contributed by atoms with Gasteiger partial charge in [-0.05, 0) is 24.8 Å². The SMILES string of the molecule is NC(CCC(=O)NC(CS)C(=O)N(CC(=O)O)SC[C@@H](NC(=O)CCC(N)C(=O)O)C(=O)NCC(=O)O)C(=O)O. The van der Waals surface area contributed by atoms with Crippen LogP contribution >= 0.6 is 24.6 Å². The molecule has 18 nitrogen and oxygen atoms in total. The van der Waals surface area contributed by atoms with E-state index in [4.69, 9.17) is 26.8 Å². The number of aliphatic carboxylic acids is 4. The van der Waals surface area contributed by atoms with Crippen LogP contribution in [0.4, 0.5) is 0 Å². The minimum atomic E-state index is -1.50. The van der Waals surface area contributed by atoms with Gasteiger partial charge in [0.05, 0.1) is 0 Å². The zero-order chi connectivity index (χ0) is 31.0. The standard InChI is InChI=1S/C20H32N6O12S2/c21-9(19(35)36)1-3-13(27)24-11(7-39)18(34)26(6-16(31)32)40-8-12(17(33)23-5-15(29)30)25-14(28)4-2-10(22)20(37)38/h9-12,39H,1-8,21-22H2,(H,23,33)(H,24,27)(H,25,28)(H,29,30)(H,31,32)(H,35,36)(H,37,38)/t9?,10?,11?,12-/m1/s1. The van der Waals surface area contributed by atoms with E-state index in [9.17, 15) is 43.5 Å². The van der Waals surface area contributed by atoms with Gasteiger partial charge in [0.1, 0.15) is 37.3 Å². The van der Waals surface area contributed by atoms with Crippen molar-refractivity contribution in [2.24, 2.45) is 11.5 Å². The van der Waals surface area contributed by atoms with Gasteiger partial charge in [0.2, 0.25) is 17.7 Å². The number of hydrogen-bond donors (Lipinski definition) is 10. The molecule has 226 valence electrons. The third-order valence-electron chi connectivity index (χ3n) is 4.80. The molecule has 0 spiro atoms. The maximum atomic E-state index is 13.0. The molecule has 0 saturated carbocycles. The molecule has 0 aliphatic carbocycles. The highest BCUT2D eigenvalue weighted by Crippen LogP contribution is 2.15. The molecular formula is C20H32N6O12S2. The van der Waals surface area contributed by atoms with Gasteiger partial charge < -0.3 is 47.8 Å². The van der Waals surface area contributed by atoms with E-state index in [0.29, 0.717) is 16.3 Å². The molecule has 0 aromatic rings. The first-order valence-corrected chi connectivity index (χ1v) is 13.0. The van der Waals surface area contributed by atoms with Crippen molar-refractivity contribution in [1.29, 1.82) is 0 Å². The summed E-state index contributed by atoms with van der Waals surface area (Å²) in [5, 5.41) is 42.2.